The van der Waals surface area contributed by atoms with Gasteiger partial charge in [0.1, 0.15) is 30.9 Å². The molecule has 0 spiro atoms. The van der Waals surface area contributed by atoms with Crippen LogP contribution in [0.1, 0.15) is 17.3 Å². The number of carbonyl (C=O) groups is 2. The zero-order chi connectivity index (χ0) is 25.5. The molecule has 0 atom stereocenters. The average Bonchev–Trinajstić information content (AvgIpc) is 3.22. The maximum Gasteiger partial charge on any atom is 0.349 e. The average molecular weight is 517 g/mol. The third kappa shape index (κ3) is 4.15. The van der Waals surface area contributed by atoms with Crippen molar-refractivity contribution in [1.82, 2.24) is 4.57 Å². The largest absolute Gasteiger partial charge is 0.486 e. The number of amides is 1. The van der Waals surface area contributed by atoms with E-state index in [1.54, 1.807) is 29.7 Å². The van der Waals surface area contributed by atoms with E-state index in [1.165, 1.54) is 17.4 Å². The second kappa shape index (κ2) is 9.21. The normalized spacial score (nSPS) is 13.4. The molecule has 2 aromatic heterocycles. The van der Waals surface area contributed by atoms with Crippen molar-refractivity contribution in [2.75, 3.05) is 19.8 Å². The topological polar surface area (TPSA) is 109 Å². The SMILES string of the molecule is CCOC(=O)Cn1c(=NC(=O)c2cc3c(ccc4ccccc43)oc2=O)sc2cc3c(cc21)OCCO3. The first-order chi connectivity index (χ1) is 18.0. The highest BCUT2D eigenvalue weighted by atomic mass is 32.1. The van der Waals surface area contributed by atoms with Crippen molar-refractivity contribution in [3.05, 3.63) is 75.4 Å². The van der Waals surface area contributed by atoms with Gasteiger partial charge in [0.2, 0.25) is 0 Å². The highest BCUT2D eigenvalue weighted by Gasteiger charge is 2.20. The quantitative estimate of drug-likeness (QED) is 0.201. The van der Waals surface area contributed by atoms with E-state index in [9.17, 15) is 14.4 Å². The zero-order valence-electron chi connectivity index (χ0n) is 19.7. The summed E-state index contributed by atoms with van der Waals surface area (Å²) in [6.45, 7) is 2.59. The maximum atomic E-state index is 13.3. The smallest absolute Gasteiger partial charge is 0.349 e. The van der Waals surface area contributed by atoms with E-state index in [-0.39, 0.29) is 23.5 Å². The summed E-state index contributed by atoms with van der Waals surface area (Å²) in [6.07, 6.45) is 0. The molecule has 0 saturated carbocycles. The number of benzene rings is 3. The van der Waals surface area contributed by atoms with E-state index >= 15 is 0 Å². The van der Waals surface area contributed by atoms with Gasteiger partial charge in [0.15, 0.2) is 16.3 Å². The number of fused-ring (bicyclic) bond motifs is 5. The predicted octanol–water partition coefficient (Wildman–Crippen LogP) is 4.04. The monoisotopic (exact) mass is 516 g/mol. The molecule has 0 aliphatic carbocycles. The van der Waals surface area contributed by atoms with Gasteiger partial charge < -0.3 is 23.2 Å². The summed E-state index contributed by atoms with van der Waals surface area (Å²) < 4.78 is 24.3. The van der Waals surface area contributed by atoms with Crippen molar-refractivity contribution in [2.45, 2.75) is 13.5 Å². The molecule has 0 radical (unpaired) electrons. The third-order valence-electron chi connectivity index (χ3n) is 6.01. The molecule has 0 unspecified atom stereocenters. The fraction of sp³-hybridized carbons (Fsp3) is 0.185. The minimum absolute atomic E-state index is 0.170. The van der Waals surface area contributed by atoms with Crippen LogP contribution in [0.15, 0.2) is 68.8 Å². The van der Waals surface area contributed by atoms with Crippen molar-refractivity contribution in [3.63, 3.8) is 0 Å². The minimum Gasteiger partial charge on any atom is -0.486 e. The summed E-state index contributed by atoms with van der Waals surface area (Å²) in [5.41, 5.74) is 0.0252. The number of thiazole rings is 1. The van der Waals surface area contributed by atoms with Crippen LogP contribution in [0.5, 0.6) is 11.5 Å². The maximum absolute atomic E-state index is 13.3. The van der Waals surface area contributed by atoms with Crippen molar-refractivity contribution in [2.24, 2.45) is 4.99 Å². The summed E-state index contributed by atoms with van der Waals surface area (Å²) in [7, 11) is 0. The predicted molar refractivity (Wildman–Crippen MR) is 137 cm³/mol. The molecular formula is C27H20N2O7S. The van der Waals surface area contributed by atoms with Crippen molar-refractivity contribution < 1.29 is 28.2 Å². The Labute approximate surface area is 213 Å². The lowest BCUT2D eigenvalue weighted by Gasteiger charge is -2.18. The Balaban J connectivity index is 1.52. The van der Waals surface area contributed by atoms with Gasteiger partial charge in [0.25, 0.3) is 5.91 Å². The van der Waals surface area contributed by atoms with Crippen LogP contribution in [0.3, 0.4) is 0 Å². The number of hydrogen-bond acceptors (Lipinski definition) is 8. The number of rotatable bonds is 4. The van der Waals surface area contributed by atoms with E-state index in [1.807, 2.05) is 30.3 Å². The van der Waals surface area contributed by atoms with Crippen LogP contribution in [0.25, 0.3) is 32.0 Å². The number of carbonyl (C=O) groups excluding carboxylic acids is 2. The summed E-state index contributed by atoms with van der Waals surface area (Å²) in [4.78, 5) is 42.9. The molecule has 0 fully saturated rings. The molecule has 3 aromatic carbocycles. The first kappa shape index (κ1) is 23.0. The summed E-state index contributed by atoms with van der Waals surface area (Å²) in [5, 5.41) is 2.43. The van der Waals surface area contributed by atoms with Gasteiger partial charge in [0.05, 0.1) is 16.8 Å². The molecule has 37 heavy (non-hydrogen) atoms. The highest BCUT2D eigenvalue weighted by Crippen LogP contribution is 2.35. The van der Waals surface area contributed by atoms with E-state index in [4.69, 9.17) is 18.6 Å². The van der Waals surface area contributed by atoms with E-state index in [0.29, 0.717) is 41.2 Å². The number of nitrogens with zero attached hydrogens (tertiary/aromatic N) is 2. The Bertz CT molecular complexity index is 1850. The van der Waals surface area contributed by atoms with Gasteiger partial charge in [-0.2, -0.15) is 4.99 Å². The van der Waals surface area contributed by atoms with Crippen LogP contribution in [0, 0.1) is 0 Å². The van der Waals surface area contributed by atoms with Gasteiger partial charge in [-0.1, -0.05) is 41.7 Å². The lowest BCUT2D eigenvalue weighted by molar-refractivity contribution is -0.143. The first-order valence-electron chi connectivity index (χ1n) is 11.6. The van der Waals surface area contributed by atoms with Gasteiger partial charge in [-0.3, -0.25) is 9.59 Å². The Morgan fingerprint density at radius 2 is 1.81 bits per heavy atom. The molecule has 0 N–H and O–H groups in total. The fourth-order valence-electron chi connectivity index (χ4n) is 4.35. The van der Waals surface area contributed by atoms with Gasteiger partial charge in [-0.05, 0) is 29.8 Å². The summed E-state index contributed by atoms with van der Waals surface area (Å²) in [5.74, 6) is -0.148. The van der Waals surface area contributed by atoms with Crippen LogP contribution in [-0.4, -0.2) is 36.3 Å². The van der Waals surface area contributed by atoms with Crippen LogP contribution >= 0.6 is 11.3 Å². The van der Waals surface area contributed by atoms with Crippen LogP contribution in [-0.2, 0) is 16.1 Å². The van der Waals surface area contributed by atoms with Crippen molar-refractivity contribution in [3.8, 4) is 11.5 Å². The molecule has 9 nitrogen and oxygen atoms in total. The summed E-state index contributed by atoms with van der Waals surface area (Å²) in [6, 6.07) is 16.2. The summed E-state index contributed by atoms with van der Waals surface area (Å²) >= 11 is 1.19. The van der Waals surface area contributed by atoms with Gasteiger partial charge >= 0.3 is 11.6 Å². The lowest BCUT2D eigenvalue weighted by Crippen LogP contribution is -2.24. The van der Waals surface area contributed by atoms with Crippen molar-refractivity contribution >= 4 is 55.2 Å². The molecule has 1 aliphatic rings. The van der Waals surface area contributed by atoms with Crippen LogP contribution in [0.2, 0.25) is 0 Å². The van der Waals surface area contributed by atoms with E-state index < -0.39 is 17.5 Å². The Morgan fingerprint density at radius 1 is 1.03 bits per heavy atom. The van der Waals surface area contributed by atoms with Gasteiger partial charge in [-0.15, -0.1) is 0 Å². The van der Waals surface area contributed by atoms with E-state index in [2.05, 4.69) is 4.99 Å². The fourth-order valence-corrected chi connectivity index (χ4v) is 5.39. The minimum atomic E-state index is -0.785. The molecule has 186 valence electrons. The van der Waals surface area contributed by atoms with E-state index in [0.717, 1.165) is 15.5 Å². The molecule has 1 aliphatic heterocycles. The second-order valence-electron chi connectivity index (χ2n) is 8.30. The molecular weight excluding hydrogens is 496 g/mol. The van der Waals surface area contributed by atoms with Crippen LogP contribution < -0.4 is 19.9 Å². The molecule has 6 rings (SSSR count). The van der Waals surface area contributed by atoms with Crippen molar-refractivity contribution in [1.29, 1.82) is 0 Å². The molecule has 1 amide bonds. The first-order valence-corrected chi connectivity index (χ1v) is 12.5. The standard InChI is InChI=1S/C27H20N2O7S/c1-2-33-24(30)14-29-19-12-21-22(35-10-9-34-21)13-23(19)37-27(29)28-25(31)18-11-17-16-6-4-3-5-15(16)7-8-20(17)36-26(18)32/h3-8,11-13H,2,9-10,14H2,1H3. The molecule has 0 bridgehead atoms. The highest BCUT2D eigenvalue weighted by molar-refractivity contribution is 7.16. The van der Waals surface area contributed by atoms with Gasteiger partial charge in [0, 0.05) is 17.5 Å². The number of esters is 1. The number of ether oxygens (including phenoxy) is 3. The number of aromatic nitrogens is 1. The Morgan fingerprint density at radius 3 is 2.62 bits per heavy atom. The molecule has 10 heteroatoms. The Kier molecular flexibility index (Phi) is 5.72. The third-order valence-corrected chi connectivity index (χ3v) is 7.05. The number of hydrogen-bond donors (Lipinski definition) is 0. The molecule has 5 aromatic rings. The van der Waals surface area contributed by atoms with Gasteiger partial charge in [-0.25, -0.2) is 4.79 Å². The van der Waals surface area contributed by atoms with Crippen LogP contribution in [0.4, 0.5) is 0 Å². The molecule has 0 saturated heterocycles. The second-order valence-corrected chi connectivity index (χ2v) is 9.31. The molecule has 3 heterocycles. The lowest BCUT2D eigenvalue weighted by atomic mass is 10.0. The zero-order valence-corrected chi connectivity index (χ0v) is 20.5. The Hall–Kier alpha value is -4.44.